The number of carbonyl (C=O) groups excluding carboxylic acids is 1. The summed E-state index contributed by atoms with van der Waals surface area (Å²) in [5, 5.41) is 4.45. The number of aryl methyl sites for hydroxylation is 2. The fraction of sp³-hybridized carbons (Fsp3) is 0.316. The second-order valence-electron chi connectivity index (χ2n) is 6.33. The van der Waals surface area contributed by atoms with Crippen molar-refractivity contribution in [2.45, 2.75) is 20.4 Å². The van der Waals surface area contributed by atoms with Gasteiger partial charge in [0.15, 0.2) is 0 Å². The quantitative estimate of drug-likeness (QED) is 0.651. The largest absolute Gasteiger partial charge is 0.383 e. The standard InChI is InChI=1S/C19H21N3O4S/c1-12-8-13(2)10-14(9-12)22-18(24)17-15(4-7-27-17)21(19(22)25)11-16(23)20-5-6-26-3/h4,7-10H,5-6,11H2,1-3H3,(H,20,23). The Labute approximate surface area is 159 Å². The molecule has 0 fully saturated rings. The average Bonchev–Trinajstić information content (AvgIpc) is 3.08. The number of methoxy groups -OCH3 is 1. The summed E-state index contributed by atoms with van der Waals surface area (Å²) in [7, 11) is 1.55. The number of fused-ring (bicyclic) bond motifs is 1. The Morgan fingerprint density at radius 3 is 2.56 bits per heavy atom. The van der Waals surface area contributed by atoms with Gasteiger partial charge in [-0.05, 0) is 48.6 Å². The number of rotatable bonds is 6. The molecule has 0 atom stereocenters. The molecule has 0 unspecified atom stereocenters. The van der Waals surface area contributed by atoms with Crippen LogP contribution in [0.2, 0.25) is 0 Å². The van der Waals surface area contributed by atoms with Gasteiger partial charge in [-0.3, -0.25) is 14.2 Å². The van der Waals surface area contributed by atoms with E-state index in [1.807, 2.05) is 19.9 Å². The van der Waals surface area contributed by atoms with Crippen molar-refractivity contribution in [3.63, 3.8) is 0 Å². The molecule has 27 heavy (non-hydrogen) atoms. The molecule has 0 saturated heterocycles. The van der Waals surface area contributed by atoms with E-state index in [-0.39, 0.29) is 18.0 Å². The van der Waals surface area contributed by atoms with Gasteiger partial charge in [0.25, 0.3) is 5.56 Å². The normalized spacial score (nSPS) is 11.1. The summed E-state index contributed by atoms with van der Waals surface area (Å²) >= 11 is 1.26. The molecular weight excluding hydrogens is 366 g/mol. The zero-order chi connectivity index (χ0) is 19.6. The first-order valence-corrected chi connectivity index (χ1v) is 9.37. The maximum Gasteiger partial charge on any atom is 0.336 e. The Hall–Kier alpha value is -2.71. The molecule has 0 aliphatic rings. The van der Waals surface area contributed by atoms with Crippen molar-refractivity contribution >= 4 is 27.5 Å². The minimum absolute atomic E-state index is 0.166. The Kier molecular flexibility index (Phi) is 5.57. The molecule has 0 spiro atoms. The van der Waals surface area contributed by atoms with E-state index in [0.29, 0.717) is 29.1 Å². The van der Waals surface area contributed by atoms with Gasteiger partial charge in [-0.15, -0.1) is 11.3 Å². The second-order valence-corrected chi connectivity index (χ2v) is 7.25. The highest BCUT2D eigenvalue weighted by atomic mass is 32.1. The number of aromatic nitrogens is 2. The number of nitrogens with one attached hydrogen (secondary N) is 1. The third kappa shape index (κ3) is 3.86. The first kappa shape index (κ1) is 19.1. The van der Waals surface area contributed by atoms with Gasteiger partial charge in [0.05, 0.1) is 17.8 Å². The first-order valence-electron chi connectivity index (χ1n) is 8.49. The maximum atomic E-state index is 13.1. The fourth-order valence-corrected chi connectivity index (χ4v) is 3.86. The van der Waals surface area contributed by atoms with Crippen LogP contribution in [-0.2, 0) is 16.1 Å². The molecule has 2 heterocycles. The number of hydrogen-bond donors (Lipinski definition) is 1. The molecule has 1 aromatic carbocycles. The van der Waals surface area contributed by atoms with Gasteiger partial charge in [-0.2, -0.15) is 0 Å². The molecule has 0 bridgehead atoms. The van der Waals surface area contributed by atoms with Crippen LogP contribution in [0.1, 0.15) is 11.1 Å². The van der Waals surface area contributed by atoms with Crippen LogP contribution < -0.4 is 16.6 Å². The van der Waals surface area contributed by atoms with E-state index < -0.39 is 5.69 Å². The number of hydrogen-bond acceptors (Lipinski definition) is 5. The second kappa shape index (κ2) is 7.89. The zero-order valence-corrected chi connectivity index (χ0v) is 16.3. The number of nitrogens with zero attached hydrogens (tertiary/aromatic N) is 2. The molecule has 1 N–H and O–H groups in total. The van der Waals surface area contributed by atoms with E-state index in [2.05, 4.69) is 5.32 Å². The predicted molar refractivity (Wildman–Crippen MR) is 106 cm³/mol. The smallest absolute Gasteiger partial charge is 0.336 e. The maximum absolute atomic E-state index is 13.1. The molecule has 0 aliphatic carbocycles. The molecule has 0 aliphatic heterocycles. The number of carbonyl (C=O) groups is 1. The van der Waals surface area contributed by atoms with E-state index >= 15 is 0 Å². The van der Waals surface area contributed by atoms with Gasteiger partial charge < -0.3 is 10.1 Å². The SMILES string of the molecule is COCCNC(=O)Cn1c(=O)n(-c2cc(C)cc(C)c2)c(=O)c2sccc21. The van der Waals surface area contributed by atoms with Crippen molar-refractivity contribution in [1.82, 2.24) is 14.5 Å². The van der Waals surface area contributed by atoms with Crippen molar-refractivity contribution in [3.8, 4) is 5.69 Å². The lowest BCUT2D eigenvalue weighted by Gasteiger charge is -2.13. The average molecular weight is 387 g/mol. The van der Waals surface area contributed by atoms with Crippen molar-refractivity contribution in [2.75, 3.05) is 20.3 Å². The number of amides is 1. The Balaban J connectivity index is 2.14. The summed E-state index contributed by atoms with van der Waals surface area (Å²) in [5.41, 5.74) is 1.98. The van der Waals surface area contributed by atoms with E-state index in [0.717, 1.165) is 15.7 Å². The molecular formula is C19H21N3O4S. The van der Waals surface area contributed by atoms with E-state index in [1.165, 1.54) is 15.9 Å². The van der Waals surface area contributed by atoms with Crippen molar-refractivity contribution < 1.29 is 9.53 Å². The third-order valence-corrected chi connectivity index (χ3v) is 5.04. The predicted octanol–water partition coefficient (Wildman–Crippen LogP) is 1.59. The van der Waals surface area contributed by atoms with Crippen LogP contribution in [0.25, 0.3) is 15.9 Å². The Morgan fingerprint density at radius 1 is 1.19 bits per heavy atom. The van der Waals surface area contributed by atoms with Gasteiger partial charge in [0.1, 0.15) is 11.2 Å². The van der Waals surface area contributed by atoms with Crippen LogP contribution in [0.4, 0.5) is 0 Å². The monoisotopic (exact) mass is 387 g/mol. The van der Waals surface area contributed by atoms with Crippen LogP contribution in [0.5, 0.6) is 0 Å². The lowest BCUT2D eigenvalue weighted by molar-refractivity contribution is -0.121. The summed E-state index contributed by atoms with van der Waals surface area (Å²) in [6, 6.07) is 7.24. The van der Waals surface area contributed by atoms with Crippen LogP contribution in [-0.4, -0.2) is 35.3 Å². The molecule has 3 rings (SSSR count). The fourth-order valence-electron chi connectivity index (χ4n) is 3.04. The Morgan fingerprint density at radius 2 is 1.89 bits per heavy atom. The summed E-state index contributed by atoms with van der Waals surface area (Å²) in [4.78, 5) is 38.3. The molecule has 1 amide bonds. The van der Waals surface area contributed by atoms with E-state index in [1.54, 1.807) is 30.7 Å². The number of thiophene rings is 1. The van der Waals surface area contributed by atoms with Gasteiger partial charge >= 0.3 is 5.69 Å². The van der Waals surface area contributed by atoms with Crippen molar-refractivity contribution in [1.29, 1.82) is 0 Å². The summed E-state index contributed by atoms with van der Waals surface area (Å²) < 4.78 is 7.84. The molecule has 0 saturated carbocycles. The molecule has 8 heteroatoms. The van der Waals surface area contributed by atoms with Gasteiger partial charge in [-0.1, -0.05) is 6.07 Å². The van der Waals surface area contributed by atoms with E-state index in [9.17, 15) is 14.4 Å². The van der Waals surface area contributed by atoms with E-state index in [4.69, 9.17) is 4.74 Å². The highest BCUT2D eigenvalue weighted by Gasteiger charge is 2.17. The van der Waals surface area contributed by atoms with Gasteiger partial charge in [0.2, 0.25) is 5.91 Å². The molecule has 142 valence electrons. The highest BCUT2D eigenvalue weighted by molar-refractivity contribution is 7.17. The van der Waals surface area contributed by atoms with Crippen LogP contribution >= 0.6 is 11.3 Å². The summed E-state index contributed by atoms with van der Waals surface area (Å²) in [6.45, 7) is 4.39. The minimum atomic E-state index is -0.530. The van der Waals surface area contributed by atoms with Gasteiger partial charge in [0, 0.05) is 13.7 Å². The topological polar surface area (TPSA) is 82.3 Å². The molecule has 7 nitrogen and oxygen atoms in total. The molecule has 0 radical (unpaired) electrons. The minimum Gasteiger partial charge on any atom is -0.383 e. The summed E-state index contributed by atoms with van der Waals surface area (Å²) in [6.07, 6.45) is 0. The number of benzene rings is 1. The third-order valence-electron chi connectivity index (χ3n) is 4.15. The van der Waals surface area contributed by atoms with Crippen LogP contribution in [0, 0.1) is 13.8 Å². The number of ether oxygens (including phenoxy) is 1. The van der Waals surface area contributed by atoms with Crippen molar-refractivity contribution in [3.05, 3.63) is 61.6 Å². The Bertz CT molecular complexity index is 1090. The highest BCUT2D eigenvalue weighted by Crippen LogP contribution is 2.17. The molecule has 2 aromatic heterocycles. The lowest BCUT2D eigenvalue weighted by Crippen LogP contribution is -2.41. The lowest BCUT2D eigenvalue weighted by atomic mass is 10.1. The molecule has 3 aromatic rings. The van der Waals surface area contributed by atoms with Crippen molar-refractivity contribution in [2.24, 2.45) is 0 Å². The summed E-state index contributed by atoms with van der Waals surface area (Å²) in [5.74, 6) is -0.313. The van der Waals surface area contributed by atoms with Crippen LogP contribution in [0.3, 0.4) is 0 Å². The van der Waals surface area contributed by atoms with Crippen LogP contribution in [0.15, 0.2) is 39.2 Å². The first-order chi connectivity index (χ1) is 12.9. The zero-order valence-electron chi connectivity index (χ0n) is 15.4. The van der Waals surface area contributed by atoms with Gasteiger partial charge in [-0.25, -0.2) is 9.36 Å².